The van der Waals surface area contributed by atoms with Crippen molar-refractivity contribution in [3.05, 3.63) is 112 Å². The highest BCUT2D eigenvalue weighted by molar-refractivity contribution is 7.17. The van der Waals surface area contributed by atoms with Crippen LogP contribution < -0.4 is 10.1 Å². The van der Waals surface area contributed by atoms with Gasteiger partial charge < -0.3 is 14.8 Å². The number of carbonyl (C=O) groups excluding carboxylic acids is 2. The fourth-order valence-electron chi connectivity index (χ4n) is 4.41. The number of fused-ring (bicyclic) bond motifs is 1. The van der Waals surface area contributed by atoms with E-state index < -0.39 is 5.97 Å². The second kappa shape index (κ2) is 11.4. The van der Waals surface area contributed by atoms with Gasteiger partial charge >= 0.3 is 5.97 Å². The monoisotopic (exact) mass is 512 g/mol. The molecule has 7 heteroatoms. The quantitative estimate of drug-likeness (QED) is 0.272. The number of hydrogen-bond acceptors (Lipinski definition) is 6. The first kappa shape index (κ1) is 24.7. The Morgan fingerprint density at radius 1 is 0.919 bits per heavy atom. The van der Waals surface area contributed by atoms with Gasteiger partial charge in [-0.2, -0.15) is 0 Å². The molecule has 1 aliphatic rings. The molecule has 4 aromatic rings. The fourth-order valence-corrected chi connectivity index (χ4v) is 5.69. The SMILES string of the molecule is CCOC(=O)c1c(NC(=O)c2ccc(Oc3ccccc3)cc2)sc2c1CCN(Cc1ccccc1)C2. The summed E-state index contributed by atoms with van der Waals surface area (Å²) in [4.78, 5) is 29.5. The molecule has 37 heavy (non-hydrogen) atoms. The maximum Gasteiger partial charge on any atom is 0.341 e. The Hall–Kier alpha value is -3.94. The average Bonchev–Trinajstić information content (AvgIpc) is 3.27. The van der Waals surface area contributed by atoms with Crippen LogP contribution in [0.15, 0.2) is 84.9 Å². The van der Waals surface area contributed by atoms with E-state index in [0.717, 1.165) is 42.2 Å². The first-order chi connectivity index (χ1) is 18.1. The molecule has 2 heterocycles. The Kier molecular flexibility index (Phi) is 7.63. The maximum absolute atomic E-state index is 13.1. The van der Waals surface area contributed by atoms with E-state index >= 15 is 0 Å². The van der Waals surface area contributed by atoms with Gasteiger partial charge in [0.2, 0.25) is 0 Å². The van der Waals surface area contributed by atoms with Crippen molar-refractivity contribution in [2.45, 2.75) is 26.4 Å². The van der Waals surface area contributed by atoms with Gasteiger partial charge in [0, 0.05) is 30.1 Å². The highest BCUT2D eigenvalue weighted by Crippen LogP contribution is 2.38. The molecule has 6 nitrogen and oxygen atoms in total. The Bertz CT molecular complexity index is 1370. The van der Waals surface area contributed by atoms with Gasteiger partial charge in [-0.25, -0.2) is 4.79 Å². The van der Waals surface area contributed by atoms with Crippen LogP contribution >= 0.6 is 11.3 Å². The van der Waals surface area contributed by atoms with Gasteiger partial charge in [-0.3, -0.25) is 9.69 Å². The van der Waals surface area contributed by atoms with Gasteiger partial charge in [0.15, 0.2) is 0 Å². The number of nitrogens with zero attached hydrogens (tertiary/aromatic N) is 1. The number of rotatable bonds is 8. The highest BCUT2D eigenvalue weighted by Gasteiger charge is 2.29. The lowest BCUT2D eigenvalue weighted by Gasteiger charge is -2.27. The molecular formula is C30H28N2O4S. The summed E-state index contributed by atoms with van der Waals surface area (Å²) in [7, 11) is 0. The number of para-hydroxylation sites is 1. The van der Waals surface area contributed by atoms with Crippen LogP contribution in [0.5, 0.6) is 11.5 Å². The Labute approximate surface area is 220 Å². The molecule has 0 bridgehead atoms. The van der Waals surface area contributed by atoms with Crippen LogP contribution in [0.2, 0.25) is 0 Å². The van der Waals surface area contributed by atoms with E-state index in [9.17, 15) is 9.59 Å². The minimum Gasteiger partial charge on any atom is -0.462 e. The molecule has 0 saturated heterocycles. The Morgan fingerprint density at radius 2 is 1.59 bits per heavy atom. The minimum absolute atomic E-state index is 0.278. The first-order valence-corrected chi connectivity index (χ1v) is 13.1. The zero-order valence-corrected chi connectivity index (χ0v) is 21.4. The molecule has 0 radical (unpaired) electrons. The van der Waals surface area contributed by atoms with Gasteiger partial charge in [0.05, 0.1) is 12.2 Å². The number of carbonyl (C=O) groups is 2. The third kappa shape index (κ3) is 5.90. The summed E-state index contributed by atoms with van der Waals surface area (Å²) in [5.74, 6) is 0.694. The van der Waals surface area contributed by atoms with Crippen LogP contribution in [-0.4, -0.2) is 29.9 Å². The standard InChI is InChI=1S/C30H28N2O4S/c1-2-35-30(34)27-25-17-18-32(19-21-9-5-3-6-10-21)20-26(25)37-29(27)31-28(33)22-13-15-24(16-14-22)36-23-11-7-4-8-12-23/h3-16H,2,17-20H2,1H3,(H,31,33). The van der Waals surface area contributed by atoms with Crippen molar-refractivity contribution < 1.29 is 19.1 Å². The summed E-state index contributed by atoms with van der Waals surface area (Å²) < 4.78 is 11.2. The van der Waals surface area contributed by atoms with Crippen molar-refractivity contribution in [1.29, 1.82) is 0 Å². The molecule has 0 saturated carbocycles. The number of hydrogen-bond donors (Lipinski definition) is 1. The van der Waals surface area contributed by atoms with Crippen molar-refractivity contribution in [1.82, 2.24) is 4.90 Å². The molecule has 1 aromatic heterocycles. The molecule has 0 fully saturated rings. The molecule has 1 amide bonds. The second-order valence-electron chi connectivity index (χ2n) is 8.77. The molecule has 0 aliphatic carbocycles. The zero-order valence-electron chi connectivity index (χ0n) is 20.6. The molecular weight excluding hydrogens is 484 g/mol. The Balaban J connectivity index is 1.33. The smallest absolute Gasteiger partial charge is 0.341 e. The number of anilines is 1. The van der Waals surface area contributed by atoms with Crippen molar-refractivity contribution >= 4 is 28.2 Å². The summed E-state index contributed by atoms with van der Waals surface area (Å²) in [5, 5.41) is 3.52. The third-order valence-electron chi connectivity index (χ3n) is 6.19. The number of nitrogens with one attached hydrogen (secondary N) is 1. The number of thiophene rings is 1. The molecule has 3 aromatic carbocycles. The minimum atomic E-state index is -0.390. The molecule has 1 aliphatic heterocycles. The summed E-state index contributed by atoms with van der Waals surface area (Å²) in [6, 6.07) is 26.8. The maximum atomic E-state index is 13.1. The van der Waals surface area contributed by atoms with E-state index in [-0.39, 0.29) is 12.5 Å². The molecule has 0 atom stereocenters. The van der Waals surface area contributed by atoms with Crippen molar-refractivity contribution in [3.8, 4) is 11.5 Å². The summed E-state index contributed by atoms with van der Waals surface area (Å²) in [6.07, 6.45) is 0.730. The van der Waals surface area contributed by atoms with E-state index in [0.29, 0.717) is 21.9 Å². The fraction of sp³-hybridized carbons (Fsp3) is 0.200. The van der Waals surface area contributed by atoms with Gasteiger partial charge in [0.25, 0.3) is 5.91 Å². The number of amides is 1. The summed E-state index contributed by atoms with van der Waals surface area (Å²) in [5.41, 5.74) is 3.20. The van der Waals surface area contributed by atoms with Crippen LogP contribution in [0.3, 0.4) is 0 Å². The molecule has 0 unspecified atom stereocenters. The van der Waals surface area contributed by atoms with E-state index in [4.69, 9.17) is 9.47 Å². The summed E-state index contributed by atoms with van der Waals surface area (Å²) >= 11 is 1.46. The number of ether oxygens (including phenoxy) is 2. The molecule has 1 N–H and O–H groups in total. The van der Waals surface area contributed by atoms with E-state index in [1.165, 1.54) is 16.9 Å². The number of esters is 1. The van der Waals surface area contributed by atoms with E-state index in [2.05, 4.69) is 22.3 Å². The van der Waals surface area contributed by atoms with E-state index in [1.807, 2.05) is 48.5 Å². The molecule has 188 valence electrons. The van der Waals surface area contributed by atoms with E-state index in [1.54, 1.807) is 31.2 Å². The van der Waals surface area contributed by atoms with Gasteiger partial charge in [-0.05, 0) is 60.9 Å². The highest BCUT2D eigenvalue weighted by atomic mass is 32.1. The molecule has 0 spiro atoms. The van der Waals surface area contributed by atoms with Crippen LogP contribution in [0, 0.1) is 0 Å². The third-order valence-corrected chi connectivity index (χ3v) is 7.32. The lowest BCUT2D eigenvalue weighted by Crippen LogP contribution is -2.29. The zero-order chi connectivity index (χ0) is 25.6. The summed E-state index contributed by atoms with van der Waals surface area (Å²) in [6.45, 7) is 4.46. The van der Waals surface area contributed by atoms with Crippen LogP contribution in [0.4, 0.5) is 5.00 Å². The second-order valence-corrected chi connectivity index (χ2v) is 9.87. The first-order valence-electron chi connectivity index (χ1n) is 12.3. The van der Waals surface area contributed by atoms with Gasteiger partial charge in [-0.15, -0.1) is 11.3 Å². The van der Waals surface area contributed by atoms with Crippen molar-refractivity contribution in [3.63, 3.8) is 0 Å². The normalized spacial score (nSPS) is 13.0. The van der Waals surface area contributed by atoms with Crippen LogP contribution in [0.25, 0.3) is 0 Å². The van der Waals surface area contributed by atoms with Crippen molar-refractivity contribution in [2.24, 2.45) is 0 Å². The lowest BCUT2D eigenvalue weighted by atomic mass is 10.0. The molecule has 5 rings (SSSR count). The van der Waals surface area contributed by atoms with Crippen molar-refractivity contribution in [2.75, 3.05) is 18.5 Å². The average molecular weight is 513 g/mol. The number of benzene rings is 3. The van der Waals surface area contributed by atoms with Gasteiger partial charge in [0.1, 0.15) is 16.5 Å². The van der Waals surface area contributed by atoms with Gasteiger partial charge in [-0.1, -0.05) is 48.5 Å². The van der Waals surface area contributed by atoms with Crippen LogP contribution in [-0.2, 0) is 24.2 Å². The Morgan fingerprint density at radius 3 is 2.30 bits per heavy atom. The predicted molar refractivity (Wildman–Crippen MR) is 145 cm³/mol. The largest absolute Gasteiger partial charge is 0.462 e. The predicted octanol–water partition coefficient (Wildman–Crippen LogP) is 6.53. The van der Waals surface area contributed by atoms with Crippen LogP contribution in [0.1, 0.15) is 43.6 Å². The lowest BCUT2D eigenvalue weighted by molar-refractivity contribution is 0.0526. The topological polar surface area (TPSA) is 67.9 Å².